The summed E-state index contributed by atoms with van der Waals surface area (Å²) < 4.78 is 0. The fourth-order valence-corrected chi connectivity index (χ4v) is 1.83. The fourth-order valence-electron chi connectivity index (χ4n) is 1.83. The molecule has 0 aliphatic heterocycles. The Hall–Kier alpha value is -1.58. The monoisotopic (exact) mass is 235 g/mol. The number of pyridine rings is 1. The Morgan fingerprint density at radius 1 is 1.53 bits per heavy atom. The van der Waals surface area contributed by atoms with E-state index in [2.05, 4.69) is 17.2 Å². The van der Waals surface area contributed by atoms with Gasteiger partial charge >= 0.3 is 0 Å². The molecule has 0 aromatic carbocycles. The van der Waals surface area contributed by atoms with Crippen molar-refractivity contribution in [1.82, 2.24) is 10.3 Å². The molecule has 0 spiro atoms. The van der Waals surface area contributed by atoms with Gasteiger partial charge in [-0.3, -0.25) is 9.78 Å². The van der Waals surface area contributed by atoms with E-state index < -0.39 is 0 Å². The maximum absolute atomic E-state index is 12.0. The maximum Gasteiger partial charge on any atom is 0.255 e. The quantitative estimate of drug-likeness (QED) is 0.841. The van der Waals surface area contributed by atoms with Crippen LogP contribution in [0.4, 0.5) is 5.69 Å². The maximum atomic E-state index is 12.0. The number of amides is 1. The summed E-state index contributed by atoms with van der Waals surface area (Å²) in [6, 6.07) is 1.71. The molecule has 1 aromatic heterocycles. The number of carbonyl (C=O) groups is 1. The minimum absolute atomic E-state index is 0.159. The van der Waals surface area contributed by atoms with Gasteiger partial charge in [0.1, 0.15) is 0 Å². The first-order valence-electron chi connectivity index (χ1n) is 5.90. The molecule has 4 heteroatoms. The summed E-state index contributed by atoms with van der Waals surface area (Å²) in [6.07, 6.45) is 3.48. The minimum Gasteiger partial charge on any atom is -0.398 e. The molecule has 0 atom stereocenters. The van der Waals surface area contributed by atoms with Crippen LogP contribution in [0.25, 0.3) is 0 Å². The molecule has 0 unspecified atom stereocenters. The van der Waals surface area contributed by atoms with Gasteiger partial charge in [-0.2, -0.15) is 0 Å². The third kappa shape index (κ3) is 3.73. The molecule has 1 amide bonds. The Morgan fingerprint density at radius 2 is 2.18 bits per heavy atom. The predicted octanol–water partition coefficient (Wildman–Crippen LogP) is 2.28. The number of anilines is 1. The van der Waals surface area contributed by atoms with E-state index in [1.165, 1.54) is 6.20 Å². The summed E-state index contributed by atoms with van der Waals surface area (Å²) in [7, 11) is 0. The summed E-state index contributed by atoms with van der Waals surface area (Å²) in [4.78, 5) is 16.1. The lowest BCUT2D eigenvalue weighted by Gasteiger charge is -2.26. The van der Waals surface area contributed by atoms with Crippen molar-refractivity contribution in [3.05, 3.63) is 23.5 Å². The van der Waals surface area contributed by atoms with Gasteiger partial charge in [0.05, 0.1) is 5.56 Å². The summed E-state index contributed by atoms with van der Waals surface area (Å²) in [5.74, 6) is -0.159. The smallest absolute Gasteiger partial charge is 0.255 e. The number of nitrogen functional groups attached to an aromatic ring is 1. The Bertz CT molecular complexity index is 413. The number of nitrogens with zero attached hydrogens (tertiary/aromatic N) is 1. The van der Waals surface area contributed by atoms with Gasteiger partial charge in [0, 0.05) is 23.1 Å². The molecule has 0 aliphatic carbocycles. The third-order valence-corrected chi connectivity index (χ3v) is 2.64. The average Bonchev–Trinajstić information content (AvgIpc) is 2.15. The standard InChI is InChI=1S/C13H21N3O/c1-5-6-13(3,4)16-12(17)10-8-15-9(2)7-11(10)14/h7-8H,5-6H2,1-4H3,(H2,14,15)(H,16,17). The van der Waals surface area contributed by atoms with Gasteiger partial charge in [0.2, 0.25) is 0 Å². The zero-order chi connectivity index (χ0) is 13.1. The van der Waals surface area contributed by atoms with E-state index in [-0.39, 0.29) is 11.4 Å². The van der Waals surface area contributed by atoms with Crippen LogP contribution in [0.15, 0.2) is 12.3 Å². The molecule has 1 heterocycles. The fraction of sp³-hybridized carbons (Fsp3) is 0.538. The van der Waals surface area contributed by atoms with E-state index in [0.29, 0.717) is 11.3 Å². The summed E-state index contributed by atoms with van der Waals surface area (Å²) in [5, 5.41) is 2.97. The number of hydrogen-bond donors (Lipinski definition) is 2. The highest BCUT2D eigenvalue weighted by Crippen LogP contribution is 2.15. The van der Waals surface area contributed by atoms with Gasteiger partial charge in [-0.25, -0.2) is 0 Å². The van der Waals surface area contributed by atoms with Gasteiger partial charge in [-0.05, 0) is 33.3 Å². The average molecular weight is 235 g/mol. The summed E-state index contributed by atoms with van der Waals surface area (Å²) in [6.45, 7) is 7.95. The largest absolute Gasteiger partial charge is 0.398 e. The summed E-state index contributed by atoms with van der Waals surface area (Å²) >= 11 is 0. The Labute approximate surface area is 103 Å². The second kappa shape index (κ2) is 5.17. The lowest BCUT2D eigenvalue weighted by molar-refractivity contribution is 0.0909. The SMILES string of the molecule is CCCC(C)(C)NC(=O)c1cnc(C)cc1N. The number of nitrogens with two attached hydrogens (primary N) is 1. The molecule has 94 valence electrons. The van der Waals surface area contributed by atoms with Gasteiger partial charge in [-0.1, -0.05) is 13.3 Å². The summed E-state index contributed by atoms with van der Waals surface area (Å²) in [5.41, 5.74) is 7.33. The van der Waals surface area contributed by atoms with E-state index in [1.54, 1.807) is 6.07 Å². The van der Waals surface area contributed by atoms with Gasteiger partial charge in [-0.15, -0.1) is 0 Å². The van der Waals surface area contributed by atoms with Crippen LogP contribution in [0.1, 0.15) is 49.7 Å². The first-order valence-corrected chi connectivity index (χ1v) is 5.90. The van der Waals surface area contributed by atoms with Crippen LogP contribution < -0.4 is 11.1 Å². The van der Waals surface area contributed by atoms with Crippen molar-refractivity contribution in [1.29, 1.82) is 0 Å². The van der Waals surface area contributed by atoms with Crippen LogP contribution in [0, 0.1) is 6.92 Å². The van der Waals surface area contributed by atoms with Crippen LogP contribution in [-0.2, 0) is 0 Å². The molecule has 0 fully saturated rings. The Balaban J connectivity index is 2.83. The van der Waals surface area contributed by atoms with Crippen molar-refractivity contribution < 1.29 is 4.79 Å². The molecule has 0 aliphatic rings. The van der Waals surface area contributed by atoms with Crippen molar-refractivity contribution in [2.45, 2.75) is 46.1 Å². The lowest BCUT2D eigenvalue weighted by atomic mass is 9.98. The van der Waals surface area contributed by atoms with E-state index in [1.807, 2.05) is 20.8 Å². The molecule has 17 heavy (non-hydrogen) atoms. The highest BCUT2D eigenvalue weighted by atomic mass is 16.1. The molecule has 0 saturated heterocycles. The molecule has 3 N–H and O–H groups in total. The molecule has 0 radical (unpaired) electrons. The molecule has 0 bridgehead atoms. The van der Waals surface area contributed by atoms with Crippen molar-refractivity contribution in [3.8, 4) is 0 Å². The highest BCUT2D eigenvalue weighted by Gasteiger charge is 2.21. The molecule has 4 nitrogen and oxygen atoms in total. The second-order valence-electron chi connectivity index (χ2n) is 5.00. The number of aryl methyl sites for hydroxylation is 1. The van der Waals surface area contributed by atoms with E-state index in [9.17, 15) is 4.79 Å². The number of rotatable bonds is 4. The zero-order valence-corrected chi connectivity index (χ0v) is 11.0. The van der Waals surface area contributed by atoms with Crippen LogP contribution in [0.5, 0.6) is 0 Å². The number of nitrogens with one attached hydrogen (secondary N) is 1. The van der Waals surface area contributed by atoms with Gasteiger partial charge < -0.3 is 11.1 Å². The van der Waals surface area contributed by atoms with E-state index in [4.69, 9.17) is 5.73 Å². The molecular weight excluding hydrogens is 214 g/mol. The lowest BCUT2D eigenvalue weighted by Crippen LogP contribution is -2.43. The molecule has 1 rings (SSSR count). The van der Waals surface area contributed by atoms with Crippen LogP contribution in [0.3, 0.4) is 0 Å². The topological polar surface area (TPSA) is 68.0 Å². The number of hydrogen-bond acceptors (Lipinski definition) is 3. The Morgan fingerprint density at radius 3 is 2.71 bits per heavy atom. The second-order valence-corrected chi connectivity index (χ2v) is 5.00. The minimum atomic E-state index is -0.219. The molecule has 0 saturated carbocycles. The normalized spacial score (nSPS) is 11.3. The highest BCUT2D eigenvalue weighted by molar-refractivity contribution is 5.99. The van der Waals surface area contributed by atoms with Crippen molar-refractivity contribution in [2.24, 2.45) is 0 Å². The first kappa shape index (κ1) is 13.5. The predicted molar refractivity (Wildman–Crippen MR) is 69.8 cm³/mol. The number of aromatic nitrogens is 1. The van der Waals surface area contributed by atoms with E-state index in [0.717, 1.165) is 18.5 Å². The van der Waals surface area contributed by atoms with Gasteiger partial charge in [0.15, 0.2) is 0 Å². The third-order valence-electron chi connectivity index (χ3n) is 2.64. The van der Waals surface area contributed by atoms with Gasteiger partial charge in [0.25, 0.3) is 5.91 Å². The molecule has 1 aromatic rings. The Kier molecular flexibility index (Phi) is 4.10. The van der Waals surface area contributed by atoms with Crippen molar-refractivity contribution in [2.75, 3.05) is 5.73 Å². The van der Waals surface area contributed by atoms with E-state index >= 15 is 0 Å². The number of carbonyl (C=O) groups excluding carboxylic acids is 1. The molecular formula is C13H21N3O. The van der Waals surface area contributed by atoms with Crippen molar-refractivity contribution in [3.63, 3.8) is 0 Å². The van der Waals surface area contributed by atoms with Crippen LogP contribution >= 0.6 is 0 Å². The first-order chi connectivity index (χ1) is 7.85. The van der Waals surface area contributed by atoms with Crippen molar-refractivity contribution >= 4 is 11.6 Å². The zero-order valence-electron chi connectivity index (χ0n) is 11.0. The van der Waals surface area contributed by atoms with Crippen LogP contribution in [0.2, 0.25) is 0 Å². The van der Waals surface area contributed by atoms with Crippen LogP contribution in [-0.4, -0.2) is 16.4 Å².